The molecule has 0 aliphatic rings. The number of nitrogens with two attached hydrogens (primary N) is 1. The van der Waals surface area contributed by atoms with E-state index >= 15 is 0 Å². The van der Waals surface area contributed by atoms with Gasteiger partial charge in [0.05, 0.1) is 5.69 Å². The van der Waals surface area contributed by atoms with Crippen LogP contribution in [0.5, 0.6) is 0 Å². The number of benzene rings is 1. The molecule has 0 bridgehead atoms. The standard InChI is InChI=1S/C14H18FN3O/c1-9(2)8-12-13(16)14(19)18(17(12)3)11-7-5-4-6-10(11)15/h4-7,9H,8,16H2,1-3H3. The lowest BCUT2D eigenvalue weighted by atomic mass is 10.1. The van der Waals surface area contributed by atoms with Crippen molar-refractivity contribution in [2.75, 3.05) is 5.73 Å². The van der Waals surface area contributed by atoms with Gasteiger partial charge in [-0.15, -0.1) is 0 Å². The third-order valence-corrected chi connectivity index (χ3v) is 3.11. The van der Waals surface area contributed by atoms with E-state index in [-0.39, 0.29) is 16.9 Å². The lowest BCUT2D eigenvalue weighted by molar-refractivity contribution is 0.542. The first kappa shape index (κ1) is 13.4. The first-order chi connectivity index (χ1) is 8.93. The van der Waals surface area contributed by atoms with Crippen LogP contribution < -0.4 is 11.3 Å². The van der Waals surface area contributed by atoms with Crippen molar-refractivity contribution in [1.82, 2.24) is 9.36 Å². The lowest BCUT2D eigenvalue weighted by Gasteiger charge is -2.11. The molecule has 5 heteroatoms. The van der Waals surface area contributed by atoms with E-state index in [1.807, 2.05) is 13.8 Å². The maximum absolute atomic E-state index is 13.8. The Morgan fingerprint density at radius 2 is 1.95 bits per heavy atom. The second-order valence-corrected chi connectivity index (χ2v) is 5.05. The van der Waals surface area contributed by atoms with Crippen molar-refractivity contribution in [2.24, 2.45) is 13.0 Å². The van der Waals surface area contributed by atoms with Crippen molar-refractivity contribution in [3.8, 4) is 5.69 Å². The number of hydrogen-bond acceptors (Lipinski definition) is 2. The van der Waals surface area contributed by atoms with Crippen LogP contribution in [-0.2, 0) is 13.5 Å². The van der Waals surface area contributed by atoms with Crippen molar-refractivity contribution >= 4 is 5.69 Å². The fourth-order valence-electron chi connectivity index (χ4n) is 2.19. The van der Waals surface area contributed by atoms with E-state index < -0.39 is 5.82 Å². The molecule has 0 radical (unpaired) electrons. The molecule has 0 atom stereocenters. The molecule has 0 fully saturated rings. The third kappa shape index (κ3) is 2.28. The molecule has 2 aromatic rings. The molecular formula is C14H18FN3O. The summed E-state index contributed by atoms with van der Waals surface area (Å²) in [5, 5.41) is 0. The Labute approximate surface area is 111 Å². The fourth-order valence-corrected chi connectivity index (χ4v) is 2.19. The van der Waals surface area contributed by atoms with E-state index in [2.05, 4.69) is 0 Å². The molecule has 1 heterocycles. The van der Waals surface area contributed by atoms with Gasteiger partial charge in [0.15, 0.2) is 0 Å². The van der Waals surface area contributed by atoms with E-state index in [4.69, 9.17) is 5.73 Å². The topological polar surface area (TPSA) is 53.0 Å². The van der Waals surface area contributed by atoms with Crippen LogP contribution in [0.2, 0.25) is 0 Å². The van der Waals surface area contributed by atoms with E-state index in [0.717, 1.165) is 5.69 Å². The highest BCUT2D eigenvalue weighted by atomic mass is 19.1. The van der Waals surface area contributed by atoms with Crippen LogP contribution in [0.1, 0.15) is 19.5 Å². The number of halogens is 1. The van der Waals surface area contributed by atoms with Gasteiger partial charge in [0, 0.05) is 7.05 Å². The number of aromatic nitrogens is 2. The van der Waals surface area contributed by atoms with Gasteiger partial charge in [-0.3, -0.25) is 9.48 Å². The van der Waals surface area contributed by atoms with Crippen molar-refractivity contribution in [1.29, 1.82) is 0 Å². The van der Waals surface area contributed by atoms with Crippen LogP contribution in [0.3, 0.4) is 0 Å². The van der Waals surface area contributed by atoms with Crippen molar-refractivity contribution < 1.29 is 4.39 Å². The Balaban J connectivity index is 2.66. The van der Waals surface area contributed by atoms with Gasteiger partial charge in [-0.25, -0.2) is 9.07 Å². The Kier molecular flexibility index (Phi) is 3.46. The Hall–Kier alpha value is -2.04. The highest BCUT2D eigenvalue weighted by Gasteiger charge is 2.18. The molecule has 1 aromatic carbocycles. The van der Waals surface area contributed by atoms with Crippen LogP contribution in [0.15, 0.2) is 29.1 Å². The summed E-state index contributed by atoms with van der Waals surface area (Å²) in [4.78, 5) is 12.2. The average molecular weight is 263 g/mol. The molecule has 2 rings (SSSR count). The van der Waals surface area contributed by atoms with Gasteiger partial charge in [-0.1, -0.05) is 26.0 Å². The lowest BCUT2D eigenvalue weighted by Crippen LogP contribution is -2.21. The van der Waals surface area contributed by atoms with Gasteiger partial charge >= 0.3 is 0 Å². The molecule has 2 N–H and O–H groups in total. The summed E-state index contributed by atoms with van der Waals surface area (Å²) in [5.41, 5.74) is 6.64. The van der Waals surface area contributed by atoms with Crippen molar-refractivity contribution in [3.05, 3.63) is 46.1 Å². The van der Waals surface area contributed by atoms with Gasteiger partial charge < -0.3 is 5.73 Å². The summed E-state index contributed by atoms with van der Waals surface area (Å²) in [6.45, 7) is 4.09. The Bertz CT molecular complexity index is 655. The summed E-state index contributed by atoms with van der Waals surface area (Å²) in [6, 6.07) is 6.17. The van der Waals surface area contributed by atoms with Crippen molar-refractivity contribution in [2.45, 2.75) is 20.3 Å². The molecule has 19 heavy (non-hydrogen) atoms. The second-order valence-electron chi connectivity index (χ2n) is 5.05. The van der Waals surface area contributed by atoms with Crippen LogP contribution in [0, 0.1) is 11.7 Å². The quantitative estimate of drug-likeness (QED) is 0.922. The van der Waals surface area contributed by atoms with Crippen LogP contribution in [0.4, 0.5) is 10.1 Å². The zero-order valence-corrected chi connectivity index (χ0v) is 11.4. The number of nitrogen functional groups attached to an aromatic ring is 1. The molecule has 0 aliphatic carbocycles. The van der Waals surface area contributed by atoms with Gasteiger partial charge in [0.1, 0.15) is 17.2 Å². The Morgan fingerprint density at radius 3 is 2.53 bits per heavy atom. The Morgan fingerprint density at radius 1 is 1.32 bits per heavy atom. The fraction of sp³-hybridized carbons (Fsp3) is 0.357. The normalized spacial score (nSPS) is 11.2. The number of nitrogens with zero attached hydrogens (tertiary/aromatic N) is 2. The van der Waals surface area contributed by atoms with Gasteiger partial charge in [-0.2, -0.15) is 0 Å². The average Bonchev–Trinajstić information content (AvgIpc) is 2.55. The zero-order valence-electron chi connectivity index (χ0n) is 11.4. The molecule has 0 unspecified atom stereocenters. The predicted molar refractivity (Wildman–Crippen MR) is 73.9 cm³/mol. The first-order valence-corrected chi connectivity index (χ1v) is 6.24. The molecular weight excluding hydrogens is 245 g/mol. The molecule has 102 valence electrons. The van der Waals surface area contributed by atoms with Crippen LogP contribution in [0.25, 0.3) is 5.69 Å². The molecule has 0 saturated heterocycles. The third-order valence-electron chi connectivity index (χ3n) is 3.11. The van der Waals surface area contributed by atoms with E-state index in [1.54, 1.807) is 29.9 Å². The number of rotatable bonds is 3. The summed E-state index contributed by atoms with van der Waals surface area (Å²) < 4.78 is 16.7. The maximum Gasteiger partial charge on any atom is 0.294 e. The van der Waals surface area contributed by atoms with E-state index in [9.17, 15) is 9.18 Å². The predicted octanol–water partition coefficient (Wildman–Crippen LogP) is 2.10. The van der Waals surface area contributed by atoms with Crippen molar-refractivity contribution in [3.63, 3.8) is 0 Å². The monoisotopic (exact) mass is 263 g/mol. The number of hydrogen-bond donors (Lipinski definition) is 1. The highest BCUT2D eigenvalue weighted by molar-refractivity contribution is 5.46. The molecule has 4 nitrogen and oxygen atoms in total. The largest absolute Gasteiger partial charge is 0.393 e. The first-order valence-electron chi connectivity index (χ1n) is 6.24. The minimum Gasteiger partial charge on any atom is -0.393 e. The van der Waals surface area contributed by atoms with Gasteiger partial charge in [-0.05, 0) is 24.5 Å². The summed E-state index contributed by atoms with van der Waals surface area (Å²) in [7, 11) is 1.72. The summed E-state index contributed by atoms with van der Waals surface area (Å²) >= 11 is 0. The molecule has 0 saturated carbocycles. The summed E-state index contributed by atoms with van der Waals surface area (Å²) in [5.74, 6) is -0.0781. The molecule has 1 aromatic heterocycles. The van der Waals surface area contributed by atoms with E-state index in [0.29, 0.717) is 12.3 Å². The summed E-state index contributed by atoms with van der Waals surface area (Å²) in [6.07, 6.45) is 0.680. The van der Waals surface area contributed by atoms with Crippen LogP contribution in [-0.4, -0.2) is 9.36 Å². The highest BCUT2D eigenvalue weighted by Crippen LogP contribution is 2.17. The smallest absolute Gasteiger partial charge is 0.294 e. The minimum absolute atomic E-state index is 0.194. The molecule has 0 spiro atoms. The number of anilines is 1. The molecule has 0 aliphatic heterocycles. The molecule has 0 amide bonds. The SMILES string of the molecule is CC(C)Cc1c(N)c(=O)n(-c2ccccc2F)n1C. The minimum atomic E-state index is -0.443. The van der Waals surface area contributed by atoms with Gasteiger partial charge in [0.2, 0.25) is 0 Å². The van der Waals surface area contributed by atoms with Gasteiger partial charge in [0.25, 0.3) is 5.56 Å². The van der Waals surface area contributed by atoms with E-state index in [1.165, 1.54) is 10.7 Å². The second kappa shape index (κ2) is 4.91. The van der Waals surface area contributed by atoms with Crippen LogP contribution >= 0.6 is 0 Å². The maximum atomic E-state index is 13.8. The zero-order chi connectivity index (χ0) is 14.2. The number of para-hydroxylation sites is 1.